The van der Waals surface area contributed by atoms with Crippen LogP contribution in [0.25, 0.3) is 0 Å². The Labute approximate surface area is 165 Å². The summed E-state index contributed by atoms with van der Waals surface area (Å²) >= 11 is 0. The van der Waals surface area contributed by atoms with Gasteiger partial charge >= 0.3 is 0 Å². The number of hydrogen-bond acceptors (Lipinski definition) is 4. The summed E-state index contributed by atoms with van der Waals surface area (Å²) in [5.74, 6) is 0.727. The highest BCUT2D eigenvalue weighted by atomic mass is 19.1. The molecule has 1 aliphatic rings. The first-order valence-corrected chi connectivity index (χ1v) is 9.68. The van der Waals surface area contributed by atoms with E-state index in [9.17, 15) is 4.39 Å². The molecule has 2 aromatic rings. The Morgan fingerprint density at radius 1 is 1.00 bits per heavy atom. The number of anilines is 1. The van der Waals surface area contributed by atoms with Crippen molar-refractivity contribution in [1.29, 1.82) is 0 Å². The molecule has 1 aromatic heterocycles. The van der Waals surface area contributed by atoms with Crippen molar-refractivity contribution in [2.24, 2.45) is 0 Å². The highest BCUT2D eigenvalue weighted by Gasteiger charge is 2.14. The van der Waals surface area contributed by atoms with Crippen LogP contribution in [0.3, 0.4) is 0 Å². The molecule has 3 rings (SSSR count). The number of benzene rings is 1. The maximum Gasteiger partial charge on any atom is 0.225 e. The van der Waals surface area contributed by atoms with E-state index in [4.69, 9.17) is 0 Å². The quantitative estimate of drug-likeness (QED) is 0.794. The molecular weight excluding hydrogens is 339 g/mol. The van der Waals surface area contributed by atoms with Gasteiger partial charge in [0.2, 0.25) is 5.95 Å². The van der Waals surface area contributed by atoms with Gasteiger partial charge in [-0.25, -0.2) is 14.4 Å². The molecule has 1 aliphatic heterocycles. The summed E-state index contributed by atoms with van der Waals surface area (Å²) in [6.45, 7) is 14.1. The molecule has 0 saturated carbocycles. The Kier molecular flexibility index (Phi) is 13.0. The van der Waals surface area contributed by atoms with Crippen molar-refractivity contribution in [1.82, 2.24) is 15.3 Å². The first-order chi connectivity index (χ1) is 12.7. The van der Waals surface area contributed by atoms with E-state index in [-0.39, 0.29) is 19.2 Å². The Bertz CT molecular complexity index is 593. The normalized spacial score (nSPS) is 13.9. The zero-order valence-corrected chi connectivity index (χ0v) is 16.8. The van der Waals surface area contributed by atoms with Crippen LogP contribution in [-0.2, 0) is 0 Å². The predicted molar refractivity (Wildman–Crippen MR) is 115 cm³/mol. The second-order valence-electron chi connectivity index (χ2n) is 6.03. The Morgan fingerprint density at radius 3 is 1.96 bits per heavy atom. The van der Waals surface area contributed by atoms with Crippen LogP contribution in [0.1, 0.15) is 65.5 Å². The lowest BCUT2D eigenvalue weighted by atomic mass is 9.95. The number of nitrogens with one attached hydrogen (secondary N) is 1. The smallest absolute Gasteiger partial charge is 0.225 e. The van der Waals surface area contributed by atoms with E-state index in [1.54, 1.807) is 0 Å². The third-order valence-corrected chi connectivity index (χ3v) is 3.93. The van der Waals surface area contributed by atoms with Gasteiger partial charge in [0.25, 0.3) is 0 Å². The summed E-state index contributed by atoms with van der Waals surface area (Å²) in [6, 6.07) is 6.60. The molecule has 0 spiro atoms. The van der Waals surface area contributed by atoms with Gasteiger partial charge in [-0.05, 0) is 23.3 Å². The zero-order chi connectivity index (χ0) is 19.4. The van der Waals surface area contributed by atoms with Crippen molar-refractivity contribution in [3.05, 3.63) is 53.6 Å². The Hall–Kier alpha value is -2.01. The molecule has 1 saturated heterocycles. The minimum absolute atomic E-state index is 0. The van der Waals surface area contributed by atoms with Crippen molar-refractivity contribution in [3.8, 4) is 0 Å². The SMILES string of the molecule is C.CC.CC(c1ccc(F)cc1)c1cnc(N2CCNCC2)nc1.CCC. The van der Waals surface area contributed by atoms with Crippen LogP contribution in [0.5, 0.6) is 0 Å². The van der Waals surface area contributed by atoms with E-state index in [1.165, 1.54) is 18.6 Å². The van der Waals surface area contributed by atoms with Crippen LogP contribution in [0.4, 0.5) is 10.3 Å². The van der Waals surface area contributed by atoms with Crippen LogP contribution < -0.4 is 10.2 Å². The third kappa shape index (κ3) is 8.04. The van der Waals surface area contributed by atoms with Gasteiger partial charge in [0, 0.05) is 44.5 Å². The zero-order valence-electron chi connectivity index (χ0n) is 16.8. The van der Waals surface area contributed by atoms with E-state index in [0.717, 1.165) is 43.3 Å². The summed E-state index contributed by atoms with van der Waals surface area (Å²) in [5.41, 5.74) is 2.11. The van der Waals surface area contributed by atoms with Gasteiger partial charge in [0.05, 0.1) is 0 Å². The summed E-state index contributed by atoms with van der Waals surface area (Å²) in [7, 11) is 0. The molecular formula is C22H37FN4. The third-order valence-electron chi connectivity index (χ3n) is 3.93. The molecule has 1 unspecified atom stereocenters. The molecule has 2 heterocycles. The van der Waals surface area contributed by atoms with Crippen LogP contribution in [0.2, 0.25) is 0 Å². The van der Waals surface area contributed by atoms with E-state index >= 15 is 0 Å². The van der Waals surface area contributed by atoms with Crippen molar-refractivity contribution in [2.45, 2.75) is 54.4 Å². The molecule has 4 nitrogen and oxygen atoms in total. The standard InChI is InChI=1S/C16H19FN4.C3H8.C2H6.CH4/c1-12(13-2-4-15(17)5-3-13)14-10-19-16(20-11-14)21-8-6-18-7-9-21;1-3-2;1-2;/h2-5,10-12,18H,6-9H2,1H3;3H2,1-2H3;1-2H3;1H4. The molecule has 5 heteroatoms. The number of nitrogens with zero attached hydrogens (tertiary/aromatic N) is 3. The summed E-state index contributed by atoms with van der Waals surface area (Å²) < 4.78 is 13.0. The molecule has 27 heavy (non-hydrogen) atoms. The summed E-state index contributed by atoms with van der Waals surface area (Å²) in [4.78, 5) is 11.1. The fraction of sp³-hybridized carbons (Fsp3) is 0.545. The van der Waals surface area contributed by atoms with Crippen LogP contribution in [0.15, 0.2) is 36.7 Å². The predicted octanol–water partition coefficient (Wildman–Crippen LogP) is 5.26. The molecule has 0 bridgehead atoms. The van der Waals surface area contributed by atoms with Crippen molar-refractivity contribution in [3.63, 3.8) is 0 Å². The minimum Gasteiger partial charge on any atom is -0.338 e. The van der Waals surface area contributed by atoms with E-state index < -0.39 is 0 Å². The molecule has 0 aliphatic carbocycles. The highest BCUT2D eigenvalue weighted by molar-refractivity contribution is 5.34. The van der Waals surface area contributed by atoms with Gasteiger partial charge in [-0.1, -0.05) is 60.6 Å². The molecule has 1 N–H and O–H groups in total. The first kappa shape index (κ1) is 25.0. The minimum atomic E-state index is -0.212. The lowest BCUT2D eigenvalue weighted by Crippen LogP contribution is -2.44. The number of piperazine rings is 1. The summed E-state index contributed by atoms with van der Waals surface area (Å²) in [6.07, 6.45) is 5.00. The van der Waals surface area contributed by atoms with Crippen LogP contribution >= 0.6 is 0 Å². The monoisotopic (exact) mass is 376 g/mol. The maximum atomic E-state index is 13.0. The highest BCUT2D eigenvalue weighted by Crippen LogP contribution is 2.23. The lowest BCUT2D eigenvalue weighted by molar-refractivity contribution is 0.579. The number of hydrogen-bond donors (Lipinski definition) is 1. The lowest BCUT2D eigenvalue weighted by Gasteiger charge is -2.27. The van der Waals surface area contributed by atoms with Gasteiger partial charge in [0.15, 0.2) is 0 Å². The fourth-order valence-electron chi connectivity index (χ4n) is 2.53. The van der Waals surface area contributed by atoms with Crippen LogP contribution in [0, 0.1) is 5.82 Å². The molecule has 1 aromatic carbocycles. The molecule has 152 valence electrons. The van der Waals surface area contributed by atoms with Crippen molar-refractivity contribution < 1.29 is 4.39 Å². The van der Waals surface area contributed by atoms with Gasteiger partial charge in [0.1, 0.15) is 5.82 Å². The number of aromatic nitrogens is 2. The molecule has 0 amide bonds. The van der Waals surface area contributed by atoms with Gasteiger partial charge in [-0.3, -0.25) is 0 Å². The first-order valence-electron chi connectivity index (χ1n) is 9.68. The second-order valence-corrected chi connectivity index (χ2v) is 6.03. The molecule has 1 atom stereocenters. The van der Waals surface area contributed by atoms with Gasteiger partial charge < -0.3 is 10.2 Å². The van der Waals surface area contributed by atoms with E-state index in [0.29, 0.717) is 0 Å². The molecule has 1 fully saturated rings. The topological polar surface area (TPSA) is 41.1 Å². The number of halogens is 1. The van der Waals surface area contributed by atoms with Crippen LogP contribution in [-0.4, -0.2) is 36.1 Å². The maximum absolute atomic E-state index is 13.0. The van der Waals surface area contributed by atoms with E-state index in [2.05, 4.69) is 41.0 Å². The number of rotatable bonds is 3. The summed E-state index contributed by atoms with van der Waals surface area (Å²) in [5, 5.41) is 3.31. The largest absolute Gasteiger partial charge is 0.338 e. The Morgan fingerprint density at radius 2 is 1.48 bits per heavy atom. The fourth-order valence-corrected chi connectivity index (χ4v) is 2.53. The second kappa shape index (κ2) is 14.1. The van der Waals surface area contributed by atoms with Crippen molar-refractivity contribution >= 4 is 5.95 Å². The van der Waals surface area contributed by atoms with Gasteiger partial charge in [-0.2, -0.15) is 0 Å². The van der Waals surface area contributed by atoms with E-state index in [1.807, 2.05) is 38.4 Å². The average Bonchev–Trinajstić information content (AvgIpc) is 2.71. The van der Waals surface area contributed by atoms with Gasteiger partial charge in [-0.15, -0.1) is 0 Å². The average molecular weight is 377 g/mol. The molecule has 0 radical (unpaired) electrons. The van der Waals surface area contributed by atoms with Crippen molar-refractivity contribution in [2.75, 3.05) is 31.1 Å². The Balaban J connectivity index is 0.00000103.